The normalized spacial score (nSPS) is 11.3. The second-order valence-electron chi connectivity index (χ2n) is 5.05. The van der Waals surface area contributed by atoms with Crippen LogP contribution in [0.1, 0.15) is 5.69 Å². The molecule has 2 heterocycles. The maximum atomic E-state index is 13.1. The van der Waals surface area contributed by atoms with Crippen LogP contribution in [0.4, 0.5) is 4.39 Å². The average molecular weight is 277 g/mol. The number of H-pyrrole nitrogens is 1. The first-order valence-corrected chi connectivity index (χ1v) is 6.73. The maximum absolute atomic E-state index is 13.1. The Morgan fingerprint density at radius 3 is 2.43 bits per heavy atom. The molecule has 1 N–H and O–H groups in total. The molecule has 0 aliphatic carbocycles. The van der Waals surface area contributed by atoms with Crippen molar-refractivity contribution < 1.29 is 4.39 Å². The van der Waals surface area contributed by atoms with Gasteiger partial charge < -0.3 is 0 Å². The van der Waals surface area contributed by atoms with E-state index in [1.54, 1.807) is 12.1 Å². The number of pyridine rings is 1. The third kappa shape index (κ3) is 1.80. The molecule has 0 amide bonds. The van der Waals surface area contributed by atoms with Crippen LogP contribution in [0, 0.1) is 12.7 Å². The van der Waals surface area contributed by atoms with E-state index in [0.717, 1.165) is 38.8 Å². The first-order valence-electron chi connectivity index (χ1n) is 6.73. The number of halogens is 1. The van der Waals surface area contributed by atoms with Crippen LogP contribution in [0.25, 0.3) is 33.1 Å². The molecular formula is C17H12FN3. The molecule has 4 heteroatoms. The highest BCUT2D eigenvalue weighted by molar-refractivity contribution is 6.09. The summed E-state index contributed by atoms with van der Waals surface area (Å²) in [5.41, 5.74) is 4.40. The summed E-state index contributed by atoms with van der Waals surface area (Å²) in [6.07, 6.45) is 0. The van der Waals surface area contributed by atoms with E-state index < -0.39 is 0 Å². The number of benzene rings is 2. The number of hydrogen-bond donors (Lipinski definition) is 1. The van der Waals surface area contributed by atoms with Crippen LogP contribution in [-0.4, -0.2) is 15.2 Å². The van der Waals surface area contributed by atoms with E-state index in [1.807, 2.05) is 31.2 Å². The number of nitrogens with zero attached hydrogens (tertiary/aromatic N) is 2. The summed E-state index contributed by atoms with van der Waals surface area (Å²) in [5.74, 6) is -0.247. The van der Waals surface area contributed by atoms with Crippen LogP contribution >= 0.6 is 0 Å². The fraction of sp³-hybridized carbons (Fsp3) is 0.0588. The maximum Gasteiger partial charge on any atom is 0.123 e. The molecule has 0 saturated heterocycles. The van der Waals surface area contributed by atoms with Crippen molar-refractivity contribution in [2.75, 3.05) is 0 Å². The van der Waals surface area contributed by atoms with Gasteiger partial charge in [-0.05, 0) is 31.2 Å². The van der Waals surface area contributed by atoms with Gasteiger partial charge in [0.2, 0.25) is 0 Å². The van der Waals surface area contributed by atoms with Crippen molar-refractivity contribution in [2.24, 2.45) is 0 Å². The van der Waals surface area contributed by atoms with Gasteiger partial charge in [0.25, 0.3) is 0 Å². The molecule has 102 valence electrons. The van der Waals surface area contributed by atoms with E-state index in [-0.39, 0.29) is 5.82 Å². The second-order valence-corrected chi connectivity index (χ2v) is 5.05. The molecule has 0 unspecified atom stereocenters. The lowest BCUT2D eigenvalue weighted by Crippen LogP contribution is -1.89. The van der Waals surface area contributed by atoms with E-state index in [4.69, 9.17) is 4.98 Å². The molecule has 4 rings (SSSR count). The SMILES string of the molecule is Cc1n[nH]c2c1nc(-c1ccc(F)cc1)c1ccccc12. The minimum absolute atomic E-state index is 0.247. The van der Waals surface area contributed by atoms with Crippen molar-refractivity contribution in [1.82, 2.24) is 15.2 Å². The number of aromatic amines is 1. The van der Waals surface area contributed by atoms with Gasteiger partial charge in [0.15, 0.2) is 0 Å². The molecule has 0 radical (unpaired) electrons. The van der Waals surface area contributed by atoms with E-state index in [9.17, 15) is 4.39 Å². The summed E-state index contributed by atoms with van der Waals surface area (Å²) in [6.45, 7) is 1.93. The average Bonchev–Trinajstić information content (AvgIpc) is 2.89. The predicted octanol–water partition coefficient (Wildman–Crippen LogP) is 4.23. The third-order valence-electron chi connectivity index (χ3n) is 3.71. The molecule has 21 heavy (non-hydrogen) atoms. The van der Waals surface area contributed by atoms with Crippen molar-refractivity contribution in [3.05, 3.63) is 60.0 Å². The van der Waals surface area contributed by atoms with Crippen LogP contribution in [0.15, 0.2) is 48.5 Å². The molecule has 0 saturated carbocycles. The summed E-state index contributed by atoms with van der Waals surface area (Å²) in [5, 5.41) is 9.39. The van der Waals surface area contributed by atoms with Crippen LogP contribution in [0.2, 0.25) is 0 Å². The lowest BCUT2D eigenvalue weighted by atomic mass is 10.0. The quantitative estimate of drug-likeness (QED) is 0.566. The zero-order chi connectivity index (χ0) is 14.4. The van der Waals surface area contributed by atoms with Crippen LogP contribution in [0.5, 0.6) is 0 Å². The van der Waals surface area contributed by atoms with Gasteiger partial charge in [0, 0.05) is 16.3 Å². The summed E-state index contributed by atoms with van der Waals surface area (Å²) in [6, 6.07) is 14.5. The molecule has 0 bridgehead atoms. The summed E-state index contributed by atoms with van der Waals surface area (Å²) in [4.78, 5) is 4.75. The molecule has 4 aromatic rings. The molecule has 0 atom stereocenters. The summed E-state index contributed by atoms with van der Waals surface area (Å²) < 4.78 is 13.1. The third-order valence-corrected chi connectivity index (χ3v) is 3.71. The minimum Gasteiger partial charge on any atom is -0.275 e. The molecule has 0 fully saturated rings. The van der Waals surface area contributed by atoms with Gasteiger partial charge in [-0.25, -0.2) is 9.37 Å². The summed E-state index contributed by atoms with van der Waals surface area (Å²) in [7, 11) is 0. The van der Waals surface area contributed by atoms with Gasteiger partial charge in [-0.15, -0.1) is 0 Å². The highest BCUT2D eigenvalue weighted by atomic mass is 19.1. The van der Waals surface area contributed by atoms with Crippen molar-refractivity contribution in [1.29, 1.82) is 0 Å². The highest BCUT2D eigenvalue weighted by Gasteiger charge is 2.13. The Hall–Kier alpha value is -2.75. The van der Waals surface area contributed by atoms with Crippen LogP contribution in [0.3, 0.4) is 0 Å². The smallest absolute Gasteiger partial charge is 0.123 e. The Balaban J connectivity index is 2.15. The number of rotatable bonds is 1. The number of aryl methyl sites for hydroxylation is 1. The first kappa shape index (κ1) is 12.0. The van der Waals surface area contributed by atoms with Gasteiger partial charge in [-0.3, -0.25) is 5.10 Å². The van der Waals surface area contributed by atoms with Crippen molar-refractivity contribution in [3.8, 4) is 11.3 Å². The molecule has 0 aliphatic rings. The van der Waals surface area contributed by atoms with Crippen LogP contribution in [-0.2, 0) is 0 Å². The second kappa shape index (κ2) is 4.38. The van der Waals surface area contributed by atoms with Gasteiger partial charge in [-0.1, -0.05) is 24.3 Å². The van der Waals surface area contributed by atoms with Gasteiger partial charge in [-0.2, -0.15) is 5.10 Å². The number of nitrogens with one attached hydrogen (secondary N) is 1. The van der Waals surface area contributed by atoms with Crippen molar-refractivity contribution in [3.63, 3.8) is 0 Å². The fourth-order valence-corrected chi connectivity index (χ4v) is 2.66. The van der Waals surface area contributed by atoms with E-state index in [0.29, 0.717) is 0 Å². The largest absolute Gasteiger partial charge is 0.275 e. The van der Waals surface area contributed by atoms with Gasteiger partial charge >= 0.3 is 0 Å². The molecular weight excluding hydrogens is 265 g/mol. The zero-order valence-corrected chi connectivity index (χ0v) is 11.4. The predicted molar refractivity (Wildman–Crippen MR) is 81.5 cm³/mol. The first-order chi connectivity index (χ1) is 10.2. The Kier molecular flexibility index (Phi) is 2.51. The van der Waals surface area contributed by atoms with Crippen LogP contribution < -0.4 is 0 Å². The van der Waals surface area contributed by atoms with Crippen molar-refractivity contribution in [2.45, 2.75) is 6.92 Å². The monoisotopic (exact) mass is 277 g/mol. The number of hydrogen-bond acceptors (Lipinski definition) is 2. The number of aromatic nitrogens is 3. The zero-order valence-electron chi connectivity index (χ0n) is 11.4. The minimum atomic E-state index is -0.247. The lowest BCUT2D eigenvalue weighted by molar-refractivity contribution is 0.628. The summed E-state index contributed by atoms with van der Waals surface area (Å²) >= 11 is 0. The fourth-order valence-electron chi connectivity index (χ4n) is 2.66. The Labute approximate surface area is 120 Å². The van der Waals surface area contributed by atoms with Gasteiger partial charge in [0.05, 0.1) is 16.9 Å². The molecule has 3 nitrogen and oxygen atoms in total. The Morgan fingerprint density at radius 1 is 0.952 bits per heavy atom. The lowest BCUT2D eigenvalue weighted by Gasteiger charge is -2.07. The number of fused-ring (bicyclic) bond motifs is 3. The molecule has 0 spiro atoms. The Bertz CT molecular complexity index is 955. The molecule has 2 aromatic heterocycles. The highest BCUT2D eigenvalue weighted by Crippen LogP contribution is 2.32. The standard InChI is InChI=1S/C17H12FN3/c1-10-15-17(21-20-10)14-5-3-2-4-13(14)16(19-15)11-6-8-12(18)9-7-11/h2-9H,1H3,(H,20,21). The van der Waals surface area contributed by atoms with E-state index in [2.05, 4.69) is 10.2 Å². The van der Waals surface area contributed by atoms with Crippen molar-refractivity contribution >= 4 is 21.8 Å². The van der Waals surface area contributed by atoms with E-state index >= 15 is 0 Å². The molecule has 0 aliphatic heterocycles. The Morgan fingerprint density at radius 2 is 1.67 bits per heavy atom. The topological polar surface area (TPSA) is 41.6 Å². The van der Waals surface area contributed by atoms with E-state index in [1.165, 1.54) is 12.1 Å². The van der Waals surface area contributed by atoms with Gasteiger partial charge in [0.1, 0.15) is 11.3 Å². The molecule has 2 aromatic carbocycles.